The van der Waals surface area contributed by atoms with Gasteiger partial charge in [0.2, 0.25) is 0 Å². The number of aliphatic hydroxyl groups excluding tert-OH is 2. The summed E-state index contributed by atoms with van der Waals surface area (Å²) < 4.78 is 0. The Labute approximate surface area is 140 Å². The van der Waals surface area contributed by atoms with Crippen molar-refractivity contribution in [3.63, 3.8) is 0 Å². The lowest BCUT2D eigenvalue weighted by Crippen LogP contribution is -2.51. The summed E-state index contributed by atoms with van der Waals surface area (Å²) in [6, 6.07) is 0. The van der Waals surface area contributed by atoms with E-state index in [2.05, 4.69) is 32.1 Å². The van der Waals surface area contributed by atoms with Gasteiger partial charge in [0, 0.05) is 5.41 Å². The summed E-state index contributed by atoms with van der Waals surface area (Å²) in [5.41, 5.74) is 1.86. The zero-order chi connectivity index (χ0) is 16.2. The van der Waals surface area contributed by atoms with Crippen LogP contribution in [0, 0.1) is 28.6 Å². The molecule has 0 bridgehead atoms. The van der Waals surface area contributed by atoms with Crippen LogP contribution in [0.4, 0.5) is 0 Å². The van der Waals surface area contributed by atoms with Crippen LogP contribution < -0.4 is 0 Å². The average Bonchev–Trinajstić information content (AvgIpc) is 2.84. The van der Waals surface area contributed by atoms with Crippen LogP contribution in [0.2, 0.25) is 0 Å². The monoisotopic (exact) mass is 316 g/mol. The fourth-order valence-electron chi connectivity index (χ4n) is 6.93. The van der Waals surface area contributed by atoms with Gasteiger partial charge in [0.05, 0.1) is 12.2 Å². The van der Waals surface area contributed by atoms with Crippen molar-refractivity contribution >= 4 is 0 Å². The van der Waals surface area contributed by atoms with Gasteiger partial charge < -0.3 is 10.2 Å². The molecule has 0 radical (unpaired) electrons. The van der Waals surface area contributed by atoms with Crippen molar-refractivity contribution in [1.29, 1.82) is 0 Å². The first-order chi connectivity index (χ1) is 11.0. The number of rotatable bonds is 1. The van der Waals surface area contributed by atoms with E-state index in [1.807, 2.05) is 0 Å². The number of aliphatic hydroxyl groups is 2. The van der Waals surface area contributed by atoms with Crippen LogP contribution in [0.25, 0.3) is 0 Å². The highest BCUT2D eigenvalue weighted by molar-refractivity contribution is 5.31. The van der Waals surface area contributed by atoms with Gasteiger partial charge in [-0.15, -0.1) is 0 Å². The molecule has 128 valence electrons. The minimum Gasteiger partial charge on any atom is -0.393 e. The molecule has 23 heavy (non-hydrogen) atoms. The van der Waals surface area contributed by atoms with Crippen LogP contribution in [-0.4, -0.2) is 22.4 Å². The summed E-state index contributed by atoms with van der Waals surface area (Å²) in [5.74, 6) is 2.12. The predicted octanol–water partition coefficient (Wildman–Crippen LogP) is 4.23. The Morgan fingerprint density at radius 3 is 2.70 bits per heavy atom. The van der Waals surface area contributed by atoms with Gasteiger partial charge in [-0.25, -0.2) is 0 Å². The van der Waals surface area contributed by atoms with Gasteiger partial charge in [0.25, 0.3) is 0 Å². The molecule has 0 aromatic carbocycles. The highest BCUT2D eigenvalue weighted by atomic mass is 16.3. The smallest absolute Gasteiger partial charge is 0.0596 e. The Morgan fingerprint density at radius 2 is 1.91 bits per heavy atom. The number of hydrogen-bond acceptors (Lipinski definition) is 2. The van der Waals surface area contributed by atoms with Gasteiger partial charge in [-0.1, -0.05) is 30.7 Å². The molecule has 7 atom stereocenters. The van der Waals surface area contributed by atoms with E-state index < -0.39 is 0 Å². The van der Waals surface area contributed by atoms with Crippen molar-refractivity contribution in [3.8, 4) is 0 Å². The molecule has 0 aromatic heterocycles. The average molecular weight is 316 g/mol. The molecule has 0 aromatic rings. The molecule has 2 heteroatoms. The van der Waals surface area contributed by atoms with Crippen LogP contribution in [0.5, 0.6) is 0 Å². The SMILES string of the molecule is C/C=C\C12CCC(O)CC1=CCC1C2CCC2(C)C(O)CCC12. The summed E-state index contributed by atoms with van der Waals surface area (Å²) in [6.07, 6.45) is 15.7. The van der Waals surface area contributed by atoms with Crippen molar-refractivity contribution in [3.05, 3.63) is 23.8 Å². The van der Waals surface area contributed by atoms with Crippen LogP contribution in [0.3, 0.4) is 0 Å². The second-order valence-corrected chi connectivity index (χ2v) is 8.92. The fraction of sp³-hybridized carbons (Fsp3) is 0.810. The first kappa shape index (κ1) is 15.9. The van der Waals surface area contributed by atoms with Crippen molar-refractivity contribution < 1.29 is 10.2 Å². The maximum Gasteiger partial charge on any atom is 0.0596 e. The van der Waals surface area contributed by atoms with Crippen LogP contribution in [0.1, 0.15) is 65.2 Å². The van der Waals surface area contributed by atoms with Crippen molar-refractivity contribution in [2.75, 3.05) is 0 Å². The third kappa shape index (κ3) is 2.14. The quantitative estimate of drug-likeness (QED) is 0.711. The summed E-state index contributed by atoms with van der Waals surface area (Å²) >= 11 is 0. The van der Waals surface area contributed by atoms with E-state index in [4.69, 9.17) is 0 Å². The van der Waals surface area contributed by atoms with Gasteiger partial charge in [0.1, 0.15) is 0 Å². The van der Waals surface area contributed by atoms with Gasteiger partial charge in [-0.3, -0.25) is 0 Å². The van der Waals surface area contributed by atoms with Crippen molar-refractivity contribution in [2.24, 2.45) is 28.6 Å². The summed E-state index contributed by atoms with van der Waals surface area (Å²) in [7, 11) is 0. The number of allylic oxidation sites excluding steroid dienone is 3. The zero-order valence-electron chi connectivity index (χ0n) is 14.7. The highest BCUT2D eigenvalue weighted by Crippen LogP contribution is 2.65. The van der Waals surface area contributed by atoms with Crippen LogP contribution >= 0.6 is 0 Å². The highest BCUT2D eigenvalue weighted by Gasteiger charge is 2.58. The van der Waals surface area contributed by atoms with E-state index in [0.717, 1.165) is 37.5 Å². The normalized spacial score (nSPS) is 52.7. The summed E-state index contributed by atoms with van der Waals surface area (Å²) in [6.45, 7) is 4.49. The Morgan fingerprint density at radius 1 is 1.09 bits per heavy atom. The molecule has 4 aliphatic carbocycles. The second-order valence-electron chi connectivity index (χ2n) is 8.92. The van der Waals surface area contributed by atoms with Gasteiger partial charge in [-0.2, -0.15) is 0 Å². The lowest BCUT2D eigenvalue weighted by Gasteiger charge is -2.57. The van der Waals surface area contributed by atoms with E-state index in [-0.39, 0.29) is 23.0 Å². The molecule has 0 heterocycles. The van der Waals surface area contributed by atoms with Gasteiger partial charge >= 0.3 is 0 Å². The molecular weight excluding hydrogens is 284 g/mol. The first-order valence-corrected chi connectivity index (χ1v) is 9.71. The van der Waals surface area contributed by atoms with E-state index >= 15 is 0 Å². The van der Waals surface area contributed by atoms with Crippen LogP contribution in [-0.2, 0) is 0 Å². The molecule has 2 nitrogen and oxygen atoms in total. The van der Waals surface area contributed by atoms with Gasteiger partial charge in [-0.05, 0) is 81.5 Å². The molecule has 3 saturated carbocycles. The Balaban J connectivity index is 1.73. The Hall–Kier alpha value is -0.600. The lowest BCUT2D eigenvalue weighted by molar-refractivity contribution is -0.0643. The number of hydrogen-bond donors (Lipinski definition) is 2. The second kappa shape index (κ2) is 5.46. The maximum absolute atomic E-state index is 10.5. The van der Waals surface area contributed by atoms with Crippen LogP contribution in [0.15, 0.2) is 23.8 Å². The van der Waals surface area contributed by atoms with Crippen molar-refractivity contribution in [1.82, 2.24) is 0 Å². The summed E-state index contributed by atoms with van der Waals surface area (Å²) in [4.78, 5) is 0. The Bertz CT molecular complexity index is 536. The molecule has 0 saturated heterocycles. The fourth-order valence-corrected chi connectivity index (χ4v) is 6.93. The molecule has 4 rings (SSSR count). The van der Waals surface area contributed by atoms with E-state index in [9.17, 15) is 10.2 Å². The third-order valence-corrected chi connectivity index (χ3v) is 8.09. The summed E-state index contributed by atoms with van der Waals surface area (Å²) in [5, 5.41) is 20.7. The Kier molecular flexibility index (Phi) is 3.77. The third-order valence-electron chi connectivity index (χ3n) is 8.09. The van der Waals surface area contributed by atoms with E-state index in [0.29, 0.717) is 5.92 Å². The minimum absolute atomic E-state index is 0.0929. The molecule has 4 aliphatic rings. The number of fused-ring (bicyclic) bond motifs is 5. The zero-order valence-corrected chi connectivity index (χ0v) is 14.7. The minimum atomic E-state index is -0.140. The van der Waals surface area contributed by atoms with E-state index in [1.165, 1.54) is 31.3 Å². The van der Waals surface area contributed by atoms with Crippen molar-refractivity contribution in [2.45, 2.75) is 77.4 Å². The lowest BCUT2D eigenvalue weighted by atomic mass is 9.47. The topological polar surface area (TPSA) is 40.5 Å². The molecule has 2 N–H and O–H groups in total. The predicted molar refractivity (Wildman–Crippen MR) is 92.9 cm³/mol. The largest absolute Gasteiger partial charge is 0.393 e. The molecular formula is C21H32O2. The molecule has 0 amide bonds. The van der Waals surface area contributed by atoms with Gasteiger partial charge in [0.15, 0.2) is 0 Å². The standard InChI is InChI=1S/C21H32O2/c1-3-10-21-12-8-15(22)13-14(21)4-5-16-17-6-7-19(23)20(17,2)11-9-18(16)21/h3-4,10,15-19,22-23H,5-9,11-13H2,1-2H3/b10-3-. The molecule has 7 unspecified atom stereocenters. The van der Waals surface area contributed by atoms with E-state index in [1.54, 1.807) is 0 Å². The molecule has 3 fully saturated rings. The molecule has 0 aliphatic heterocycles. The maximum atomic E-state index is 10.5. The first-order valence-electron chi connectivity index (χ1n) is 9.71. The molecule has 0 spiro atoms.